The van der Waals surface area contributed by atoms with Crippen LogP contribution in [-0.4, -0.2) is 75.9 Å². The SMILES string of the molecule is C=C(C)[C@H](/C=C/C(C)(C)O)CO[C@@H]1O[C@H](COC(C)=O)[C@@H](O)[C@H](O)[C@H]1O. The summed E-state index contributed by atoms with van der Waals surface area (Å²) in [7, 11) is 0. The van der Waals surface area contributed by atoms with Gasteiger partial charge in [0.05, 0.1) is 12.2 Å². The molecule has 0 aliphatic carbocycles. The van der Waals surface area contributed by atoms with Crippen molar-refractivity contribution in [2.45, 2.75) is 64.0 Å². The summed E-state index contributed by atoms with van der Waals surface area (Å²) in [4.78, 5) is 10.9. The van der Waals surface area contributed by atoms with Crippen LogP contribution < -0.4 is 0 Å². The van der Waals surface area contributed by atoms with Gasteiger partial charge in [0.2, 0.25) is 0 Å². The highest BCUT2D eigenvalue weighted by molar-refractivity contribution is 5.65. The van der Waals surface area contributed by atoms with E-state index in [0.29, 0.717) is 0 Å². The lowest BCUT2D eigenvalue weighted by Crippen LogP contribution is -2.59. The van der Waals surface area contributed by atoms with Gasteiger partial charge in [0.25, 0.3) is 0 Å². The van der Waals surface area contributed by atoms with Crippen LogP contribution in [0, 0.1) is 5.92 Å². The molecule has 0 radical (unpaired) electrons. The van der Waals surface area contributed by atoms with Gasteiger partial charge in [-0.25, -0.2) is 0 Å². The van der Waals surface area contributed by atoms with Crippen LogP contribution in [-0.2, 0) is 19.0 Å². The topological polar surface area (TPSA) is 126 Å². The first-order valence-electron chi connectivity index (χ1n) is 8.44. The molecule has 1 fully saturated rings. The lowest BCUT2D eigenvalue weighted by atomic mass is 9.98. The van der Waals surface area contributed by atoms with Crippen LogP contribution in [0.15, 0.2) is 24.3 Å². The van der Waals surface area contributed by atoms with Gasteiger partial charge < -0.3 is 34.6 Å². The second-order valence-corrected chi connectivity index (χ2v) is 7.12. The van der Waals surface area contributed by atoms with E-state index >= 15 is 0 Å². The maximum atomic E-state index is 10.9. The Morgan fingerprint density at radius 1 is 1.23 bits per heavy atom. The summed E-state index contributed by atoms with van der Waals surface area (Å²) in [5.74, 6) is -0.814. The fourth-order valence-corrected chi connectivity index (χ4v) is 2.30. The van der Waals surface area contributed by atoms with Gasteiger partial charge in [-0.05, 0) is 20.8 Å². The average Bonchev–Trinajstić information content (AvgIpc) is 2.51. The second kappa shape index (κ2) is 9.59. The standard InChI is InChI=1S/C18H30O8/c1-10(2)12(6-7-18(4,5)23)8-25-17-16(22)15(21)14(20)13(26-17)9-24-11(3)19/h6-7,12-17,20-23H,1,8-9H2,2-5H3/b7-6+/t12-,13-,14-,15+,16-,17-/m1/s1. The molecule has 6 atom stereocenters. The van der Waals surface area contributed by atoms with Crippen molar-refractivity contribution in [3.05, 3.63) is 24.3 Å². The van der Waals surface area contributed by atoms with Crippen LogP contribution in [0.5, 0.6) is 0 Å². The Bertz CT molecular complexity index is 510. The van der Waals surface area contributed by atoms with E-state index in [1.165, 1.54) is 6.92 Å². The van der Waals surface area contributed by atoms with Crippen LogP contribution in [0.25, 0.3) is 0 Å². The number of hydrogen-bond donors (Lipinski definition) is 4. The first-order valence-corrected chi connectivity index (χ1v) is 8.44. The van der Waals surface area contributed by atoms with Gasteiger partial charge in [-0.3, -0.25) is 4.79 Å². The number of carbonyl (C=O) groups is 1. The fourth-order valence-electron chi connectivity index (χ4n) is 2.30. The van der Waals surface area contributed by atoms with Crippen molar-refractivity contribution in [2.75, 3.05) is 13.2 Å². The van der Waals surface area contributed by atoms with Crippen molar-refractivity contribution in [3.8, 4) is 0 Å². The Morgan fingerprint density at radius 2 is 1.85 bits per heavy atom. The number of hydrogen-bond acceptors (Lipinski definition) is 8. The summed E-state index contributed by atoms with van der Waals surface area (Å²) >= 11 is 0. The van der Waals surface area contributed by atoms with Crippen molar-refractivity contribution < 1.29 is 39.4 Å². The molecule has 0 amide bonds. The van der Waals surface area contributed by atoms with Crippen molar-refractivity contribution in [2.24, 2.45) is 5.92 Å². The quantitative estimate of drug-likeness (QED) is 0.343. The molecule has 0 aromatic heterocycles. The monoisotopic (exact) mass is 374 g/mol. The smallest absolute Gasteiger partial charge is 0.302 e. The number of carbonyl (C=O) groups excluding carboxylic acids is 1. The molecule has 4 N–H and O–H groups in total. The Morgan fingerprint density at radius 3 is 2.35 bits per heavy atom. The number of aliphatic hydroxyl groups is 4. The molecule has 8 nitrogen and oxygen atoms in total. The summed E-state index contributed by atoms with van der Waals surface area (Å²) in [6.45, 7) is 9.93. The molecule has 1 rings (SSSR count). The summed E-state index contributed by atoms with van der Waals surface area (Å²) in [6.07, 6.45) is -3.30. The highest BCUT2D eigenvalue weighted by atomic mass is 16.7. The second-order valence-electron chi connectivity index (χ2n) is 7.12. The third-order valence-corrected chi connectivity index (χ3v) is 3.93. The molecule has 8 heteroatoms. The lowest BCUT2D eigenvalue weighted by Gasteiger charge is -2.40. The van der Waals surface area contributed by atoms with Crippen molar-refractivity contribution >= 4 is 5.97 Å². The van der Waals surface area contributed by atoms with Crippen molar-refractivity contribution in [1.82, 2.24) is 0 Å². The van der Waals surface area contributed by atoms with E-state index in [9.17, 15) is 25.2 Å². The molecule has 0 unspecified atom stereocenters. The van der Waals surface area contributed by atoms with Crippen LogP contribution in [0.1, 0.15) is 27.7 Å². The third kappa shape index (κ3) is 7.14. The molecule has 1 heterocycles. The zero-order valence-electron chi connectivity index (χ0n) is 15.7. The predicted octanol–water partition coefficient (Wildman–Crippen LogP) is -0.107. The van der Waals surface area contributed by atoms with Gasteiger partial charge >= 0.3 is 5.97 Å². The summed E-state index contributed by atoms with van der Waals surface area (Å²) in [5, 5.41) is 39.8. The van der Waals surface area contributed by atoms with Crippen LogP contribution in [0.3, 0.4) is 0 Å². The minimum atomic E-state index is -1.51. The summed E-state index contributed by atoms with van der Waals surface area (Å²) in [6, 6.07) is 0. The van der Waals surface area contributed by atoms with Gasteiger partial charge in [0.1, 0.15) is 31.0 Å². The van der Waals surface area contributed by atoms with Crippen LogP contribution in [0.2, 0.25) is 0 Å². The number of ether oxygens (including phenoxy) is 3. The minimum absolute atomic E-state index is 0.0761. The predicted molar refractivity (Wildman–Crippen MR) is 93.0 cm³/mol. The van der Waals surface area contributed by atoms with Gasteiger partial charge in [0, 0.05) is 12.8 Å². The average molecular weight is 374 g/mol. The van der Waals surface area contributed by atoms with Crippen LogP contribution in [0.4, 0.5) is 0 Å². The molecule has 0 spiro atoms. The first kappa shape index (κ1) is 22.8. The molecule has 150 valence electrons. The minimum Gasteiger partial charge on any atom is -0.463 e. The Labute approximate surface area is 153 Å². The van der Waals surface area contributed by atoms with Gasteiger partial charge in [-0.15, -0.1) is 0 Å². The fraction of sp³-hybridized carbons (Fsp3) is 0.722. The first-order chi connectivity index (χ1) is 11.9. The maximum Gasteiger partial charge on any atom is 0.302 e. The van der Waals surface area contributed by atoms with Gasteiger partial charge in [-0.1, -0.05) is 24.3 Å². The lowest BCUT2D eigenvalue weighted by molar-refractivity contribution is -0.302. The molecule has 1 aliphatic rings. The molecule has 0 bridgehead atoms. The molecular weight excluding hydrogens is 344 g/mol. The molecular formula is C18H30O8. The van der Waals surface area contributed by atoms with Crippen molar-refractivity contribution in [1.29, 1.82) is 0 Å². The van der Waals surface area contributed by atoms with Gasteiger partial charge in [-0.2, -0.15) is 0 Å². The normalized spacial score (nSPS) is 31.0. The maximum absolute atomic E-state index is 10.9. The Balaban J connectivity index is 2.74. The summed E-state index contributed by atoms with van der Waals surface area (Å²) < 4.78 is 15.8. The van der Waals surface area contributed by atoms with E-state index in [1.54, 1.807) is 32.9 Å². The molecule has 1 aliphatic heterocycles. The van der Waals surface area contributed by atoms with E-state index in [4.69, 9.17) is 14.2 Å². The third-order valence-electron chi connectivity index (χ3n) is 3.93. The van der Waals surface area contributed by atoms with E-state index < -0.39 is 42.3 Å². The number of rotatable bonds is 8. The molecule has 26 heavy (non-hydrogen) atoms. The molecule has 0 aromatic carbocycles. The number of aliphatic hydroxyl groups excluding tert-OH is 3. The highest BCUT2D eigenvalue weighted by Crippen LogP contribution is 2.24. The van der Waals surface area contributed by atoms with Crippen LogP contribution >= 0.6 is 0 Å². The van der Waals surface area contributed by atoms with E-state index in [0.717, 1.165) is 5.57 Å². The highest BCUT2D eigenvalue weighted by Gasteiger charge is 2.44. The van der Waals surface area contributed by atoms with Crippen molar-refractivity contribution in [3.63, 3.8) is 0 Å². The molecule has 1 saturated heterocycles. The van der Waals surface area contributed by atoms with E-state index in [2.05, 4.69) is 6.58 Å². The zero-order valence-corrected chi connectivity index (χ0v) is 15.7. The largest absolute Gasteiger partial charge is 0.463 e. The van der Waals surface area contributed by atoms with Gasteiger partial charge in [0.15, 0.2) is 6.29 Å². The van der Waals surface area contributed by atoms with E-state index in [1.807, 2.05) is 0 Å². The Kier molecular flexibility index (Phi) is 8.39. The Hall–Kier alpha value is -1.29. The zero-order chi connectivity index (χ0) is 20.1. The van der Waals surface area contributed by atoms with E-state index in [-0.39, 0.29) is 19.1 Å². The summed E-state index contributed by atoms with van der Waals surface area (Å²) in [5.41, 5.74) is -0.225. The number of esters is 1. The molecule has 0 aromatic rings. The molecule has 0 saturated carbocycles.